The summed E-state index contributed by atoms with van der Waals surface area (Å²) in [6.07, 6.45) is 16.9. The quantitative estimate of drug-likeness (QED) is 0.309. The van der Waals surface area contributed by atoms with Crippen LogP contribution >= 0.6 is 0 Å². The highest BCUT2D eigenvalue weighted by Crippen LogP contribution is 2.35. The fourth-order valence-corrected chi connectivity index (χ4v) is 4.66. The molecule has 1 aliphatic rings. The maximum absolute atomic E-state index is 10.3. The van der Waals surface area contributed by atoms with Crippen molar-refractivity contribution in [2.75, 3.05) is 14.2 Å². The molecule has 2 aromatic heterocycles. The molecule has 0 bridgehead atoms. The molecule has 37 heavy (non-hydrogen) atoms. The Morgan fingerprint density at radius 2 is 2.05 bits per heavy atom. The molecule has 3 heterocycles. The summed E-state index contributed by atoms with van der Waals surface area (Å²) in [7, 11) is 3.21. The van der Waals surface area contributed by atoms with Crippen molar-refractivity contribution in [3.63, 3.8) is 0 Å². The van der Waals surface area contributed by atoms with Crippen molar-refractivity contribution in [3.8, 4) is 11.6 Å². The molecule has 1 saturated heterocycles. The number of oxazole rings is 2. The molecule has 0 aliphatic carbocycles. The molecule has 8 heteroatoms. The van der Waals surface area contributed by atoms with Gasteiger partial charge in [-0.3, -0.25) is 0 Å². The van der Waals surface area contributed by atoms with Crippen LogP contribution in [0.5, 0.6) is 0 Å². The Morgan fingerprint density at radius 3 is 2.78 bits per heavy atom. The smallest absolute Gasteiger partial charge is 0.248 e. The van der Waals surface area contributed by atoms with E-state index in [-0.39, 0.29) is 12.2 Å². The molecule has 8 nitrogen and oxygen atoms in total. The minimum atomic E-state index is -0.817. The lowest BCUT2D eigenvalue weighted by Gasteiger charge is -2.40. The third kappa shape index (κ3) is 8.78. The molecule has 1 fully saturated rings. The summed E-state index contributed by atoms with van der Waals surface area (Å²) in [5.41, 5.74) is 2.54. The fraction of sp³-hybridized carbons (Fsp3) is 0.586. The lowest BCUT2D eigenvalue weighted by atomic mass is 9.95. The Hall–Kier alpha value is -2.52. The van der Waals surface area contributed by atoms with E-state index in [1.165, 1.54) is 5.57 Å². The SMILES string of the molecule is C/C=C/[C@@H](C)/C=C(\C)C/C=C/CCc1nc(-c2nc([C@H](C[C@@H]3C[C@H](O)C[C@@](C)(OC)O3)OC)co2)co1. The summed E-state index contributed by atoms with van der Waals surface area (Å²) >= 11 is 0. The van der Waals surface area contributed by atoms with Crippen molar-refractivity contribution in [3.05, 3.63) is 60.1 Å². The van der Waals surface area contributed by atoms with Gasteiger partial charge in [0.15, 0.2) is 17.4 Å². The molecule has 0 spiro atoms. The molecule has 0 radical (unpaired) electrons. The maximum Gasteiger partial charge on any atom is 0.248 e. The number of hydrogen-bond donors (Lipinski definition) is 1. The van der Waals surface area contributed by atoms with Crippen LogP contribution in [-0.4, -0.2) is 47.3 Å². The van der Waals surface area contributed by atoms with E-state index < -0.39 is 11.9 Å². The van der Waals surface area contributed by atoms with Crippen molar-refractivity contribution < 1.29 is 28.2 Å². The summed E-state index contributed by atoms with van der Waals surface area (Å²) in [5, 5.41) is 10.3. The van der Waals surface area contributed by atoms with Gasteiger partial charge in [-0.15, -0.1) is 0 Å². The summed E-state index contributed by atoms with van der Waals surface area (Å²) in [5.74, 6) is 0.659. The van der Waals surface area contributed by atoms with Crippen LogP contribution in [0.15, 0.2) is 57.3 Å². The van der Waals surface area contributed by atoms with E-state index >= 15 is 0 Å². The van der Waals surface area contributed by atoms with Gasteiger partial charge in [-0.1, -0.05) is 42.9 Å². The van der Waals surface area contributed by atoms with Crippen molar-refractivity contribution in [1.29, 1.82) is 0 Å². The van der Waals surface area contributed by atoms with Crippen LogP contribution in [0.4, 0.5) is 0 Å². The number of aliphatic hydroxyl groups is 1. The summed E-state index contributed by atoms with van der Waals surface area (Å²) < 4.78 is 28.5. The average molecular weight is 515 g/mol. The van der Waals surface area contributed by atoms with Gasteiger partial charge in [-0.05, 0) is 46.0 Å². The minimum absolute atomic E-state index is 0.235. The molecule has 0 amide bonds. The Balaban J connectivity index is 1.53. The first-order valence-corrected chi connectivity index (χ1v) is 13.0. The van der Waals surface area contributed by atoms with Crippen LogP contribution in [0.2, 0.25) is 0 Å². The second-order valence-electron chi connectivity index (χ2n) is 9.95. The number of aryl methyl sites for hydroxylation is 1. The van der Waals surface area contributed by atoms with Crippen LogP contribution in [0.25, 0.3) is 11.6 Å². The molecule has 1 aliphatic heterocycles. The van der Waals surface area contributed by atoms with E-state index in [9.17, 15) is 5.11 Å². The van der Waals surface area contributed by atoms with E-state index in [1.807, 2.05) is 13.8 Å². The highest BCUT2D eigenvalue weighted by Gasteiger charge is 2.39. The largest absolute Gasteiger partial charge is 0.448 e. The molecular weight excluding hydrogens is 472 g/mol. The highest BCUT2D eigenvalue weighted by molar-refractivity contribution is 5.44. The van der Waals surface area contributed by atoms with Crippen LogP contribution in [0, 0.1) is 5.92 Å². The van der Waals surface area contributed by atoms with Crippen LogP contribution in [0.3, 0.4) is 0 Å². The van der Waals surface area contributed by atoms with E-state index in [1.54, 1.807) is 26.7 Å². The molecule has 204 valence electrons. The summed E-state index contributed by atoms with van der Waals surface area (Å²) in [6, 6.07) is 0. The Bertz CT molecular complexity index is 1050. The van der Waals surface area contributed by atoms with Crippen LogP contribution in [0.1, 0.15) is 77.5 Å². The third-order valence-electron chi connectivity index (χ3n) is 6.55. The summed E-state index contributed by atoms with van der Waals surface area (Å²) in [4.78, 5) is 9.12. The van der Waals surface area contributed by atoms with Crippen LogP contribution < -0.4 is 0 Å². The molecular formula is C29H42N2O6. The highest BCUT2D eigenvalue weighted by atomic mass is 16.7. The third-order valence-corrected chi connectivity index (χ3v) is 6.55. The van der Waals surface area contributed by atoms with Crippen molar-refractivity contribution in [1.82, 2.24) is 9.97 Å². The van der Waals surface area contributed by atoms with Gasteiger partial charge in [0.2, 0.25) is 5.89 Å². The first-order valence-electron chi connectivity index (χ1n) is 13.0. The topological polar surface area (TPSA) is 100.0 Å². The van der Waals surface area contributed by atoms with E-state index in [4.69, 9.17) is 23.0 Å². The normalized spacial score (nSPS) is 24.8. The first-order chi connectivity index (χ1) is 17.7. The number of ether oxygens (including phenoxy) is 3. The maximum atomic E-state index is 10.3. The van der Waals surface area contributed by atoms with Crippen molar-refractivity contribution in [2.24, 2.45) is 5.92 Å². The number of rotatable bonds is 13. The van der Waals surface area contributed by atoms with E-state index in [0.29, 0.717) is 54.8 Å². The first kappa shape index (κ1) is 29.0. The monoisotopic (exact) mass is 514 g/mol. The van der Waals surface area contributed by atoms with Gasteiger partial charge in [0, 0.05) is 33.5 Å². The minimum Gasteiger partial charge on any atom is -0.448 e. The van der Waals surface area contributed by atoms with E-state index in [0.717, 1.165) is 12.8 Å². The van der Waals surface area contributed by atoms with Gasteiger partial charge >= 0.3 is 0 Å². The predicted octanol–water partition coefficient (Wildman–Crippen LogP) is 6.35. The Labute approximate surface area is 220 Å². The Morgan fingerprint density at radius 1 is 1.24 bits per heavy atom. The molecule has 0 aromatic carbocycles. The van der Waals surface area contributed by atoms with Crippen molar-refractivity contribution in [2.45, 2.75) is 90.3 Å². The Kier molecular flexibility index (Phi) is 10.9. The summed E-state index contributed by atoms with van der Waals surface area (Å²) in [6.45, 7) is 8.23. The van der Waals surface area contributed by atoms with Gasteiger partial charge < -0.3 is 28.2 Å². The van der Waals surface area contributed by atoms with Gasteiger partial charge in [-0.2, -0.15) is 0 Å². The molecule has 5 atom stereocenters. The van der Waals surface area contributed by atoms with Crippen molar-refractivity contribution >= 4 is 0 Å². The lowest BCUT2D eigenvalue weighted by Crippen LogP contribution is -2.45. The molecule has 0 unspecified atom stereocenters. The molecule has 2 aromatic rings. The zero-order valence-electron chi connectivity index (χ0n) is 23.0. The second kappa shape index (κ2) is 13.9. The molecule has 0 saturated carbocycles. The number of aliphatic hydroxyl groups excluding tert-OH is 1. The zero-order chi connectivity index (χ0) is 26.8. The standard InChI is InChI=1S/C29H42N2O6/c1-7-11-20(2)14-21(3)12-9-8-10-13-27-30-25(19-35-27)28-31-24(18-36-28)26(33-5)16-23-15-22(32)17-29(4,34-6)37-23/h7-9,11,14,18-20,22-23,26,32H,10,12-13,15-17H2,1-6H3/b9-8+,11-7+,21-14+/t20-,22+,23+,26+,29+/m1/s1. The number of aromatic nitrogens is 2. The molecule has 3 rings (SSSR count). The van der Waals surface area contributed by atoms with Gasteiger partial charge in [0.05, 0.1) is 12.2 Å². The zero-order valence-corrected chi connectivity index (χ0v) is 23.0. The van der Waals surface area contributed by atoms with E-state index in [2.05, 4.69) is 54.2 Å². The number of methoxy groups -OCH3 is 2. The molecule has 1 N–H and O–H groups in total. The van der Waals surface area contributed by atoms with Crippen LogP contribution in [-0.2, 0) is 20.6 Å². The van der Waals surface area contributed by atoms with Gasteiger partial charge in [0.1, 0.15) is 24.3 Å². The lowest BCUT2D eigenvalue weighted by molar-refractivity contribution is -0.278. The number of allylic oxidation sites excluding steroid dienone is 6. The van der Waals surface area contributed by atoms with Gasteiger partial charge in [-0.25, -0.2) is 9.97 Å². The number of nitrogens with zero attached hydrogens (tertiary/aromatic N) is 2. The average Bonchev–Trinajstić information content (AvgIpc) is 3.52. The second-order valence-corrected chi connectivity index (χ2v) is 9.95. The fourth-order valence-electron chi connectivity index (χ4n) is 4.66. The van der Waals surface area contributed by atoms with Gasteiger partial charge in [0.25, 0.3) is 0 Å². The predicted molar refractivity (Wildman–Crippen MR) is 142 cm³/mol. The number of hydrogen-bond acceptors (Lipinski definition) is 8.